The third kappa shape index (κ3) is 6.28. The molecule has 0 aliphatic carbocycles. The lowest BCUT2D eigenvalue weighted by atomic mass is 9.77. The van der Waals surface area contributed by atoms with Gasteiger partial charge in [-0.25, -0.2) is 4.98 Å². The molecule has 1 N–H and O–H groups in total. The van der Waals surface area contributed by atoms with E-state index in [1.807, 2.05) is 95.6 Å². The number of rotatable bonds is 12. The van der Waals surface area contributed by atoms with Gasteiger partial charge in [-0.3, -0.25) is 0 Å². The van der Waals surface area contributed by atoms with Crippen LogP contribution in [0, 0.1) is 0 Å². The van der Waals surface area contributed by atoms with Crippen molar-refractivity contribution in [3.8, 4) is 22.7 Å². The molecule has 8 rings (SSSR count). The molecule has 0 bridgehead atoms. The number of aromatic nitrogens is 6. The number of benzene rings is 5. The molecule has 0 atom stereocenters. The second kappa shape index (κ2) is 14.9. The monoisotopic (exact) mass is 782 g/mol. The zero-order chi connectivity index (χ0) is 36.4. The first kappa shape index (κ1) is 34.7. The quantitative estimate of drug-likeness (QED) is 0.124. The highest BCUT2D eigenvalue weighted by molar-refractivity contribution is 9.10. The van der Waals surface area contributed by atoms with Crippen molar-refractivity contribution in [1.29, 1.82) is 0 Å². The smallest absolute Gasteiger partial charge is 0.205 e. The molecule has 0 unspecified atom stereocenters. The van der Waals surface area contributed by atoms with Gasteiger partial charge in [0.15, 0.2) is 10.7 Å². The summed E-state index contributed by atoms with van der Waals surface area (Å²) in [6.45, 7) is 2.49. The molecule has 0 aliphatic heterocycles. The number of tetrazole rings is 1. The van der Waals surface area contributed by atoms with Crippen molar-refractivity contribution in [3.63, 3.8) is 0 Å². The van der Waals surface area contributed by atoms with Crippen molar-refractivity contribution in [2.75, 3.05) is 0 Å². The van der Waals surface area contributed by atoms with Crippen LogP contribution < -0.4 is 0 Å². The van der Waals surface area contributed by atoms with Gasteiger partial charge >= 0.3 is 0 Å². The molecule has 0 saturated heterocycles. The van der Waals surface area contributed by atoms with Gasteiger partial charge in [0.1, 0.15) is 17.2 Å². The highest BCUT2D eigenvalue weighted by Crippen LogP contribution is 2.43. The molecule has 8 nitrogen and oxygen atoms in total. The zero-order valence-corrected chi connectivity index (χ0v) is 31.4. The van der Waals surface area contributed by atoms with Gasteiger partial charge in [0.05, 0.1) is 16.8 Å². The molecule has 264 valence electrons. The predicted octanol–water partition coefficient (Wildman–Crippen LogP) is 10.1. The van der Waals surface area contributed by atoms with Crippen LogP contribution in [0.2, 0.25) is 5.15 Å². The van der Waals surface area contributed by atoms with Crippen molar-refractivity contribution in [3.05, 3.63) is 177 Å². The fraction of sp³-hybridized carbons (Fsp3) is 0.163. The number of hydrogen-bond donors (Lipinski definition) is 1. The van der Waals surface area contributed by atoms with Crippen LogP contribution in [0.4, 0.5) is 0 Å². The average Bonchev–Trinajstić information content (AvgIpc) is 3.91. The lowest BCUT2D eigenvalue weighted by molar-refractivity contribution is 0.271. The number of unbranched alkanes of at least 4 members (excludes halogenated alkanes) is 1. The SMILES string of the molecule is CCCCc1nc(Cl)c(CO)n1Cc1ccc2oc(-c3ccccc3-c3nnn(C(c4ccccc4)(c4ccccc4)c4ccccc4)n3)c(Br)c2c1. The van der Waals surface area contributed by atoms with Crippen LogP contribution in [0.15, 0.2) is 142 Å². The Bertz CT molecular complexity index is 2400. The van der Waals surface area contributed by atoms with Crippen molar-refractivity contribution < 1.29 is 9.52 Å². The van der Waals surface area contributed by atoms with Crippen LogP contribution in [0.1, 0.15) is 53.5 Å². The number of imidazole rings is 1. The van der Waals surface area contributed by atoms with Gasteiger partial charge in [-0.1, -0.05) is 146 Å². The summed E-state index contributed by atoms with van der Waals surface area (Å²) in [6, 6.07) is 45.0. The van der Waals surface area contributed by atoms with Crippen molar-refractivity contribution in [1.82, 2.24) is 29.8 Å². The number of aliphatic hydroxyl groups is 1. The van der Waals surface area contributed by atoms with E-state index in [9.17, 15) is 5.11 Å². The van der Waals surface area contributed by atoms with Gasteiger partial charge in [-0.15, -0.1) is 15.0 Å². The summed E-state index contributed by atoms with van der Waals surface area (Å²) in [4.78, 5) is 6.30. The Kier molecular flexibility index (Phi) is 9.79. The number of aliphatic hydroxyl groups excluding tert-OH is 1. The Morgan fingerprint density at radius 1 is 0.792 bits per heavy atom. The van der Waals surface area contributed by atoms with E-state index in [0.29, 0.717) is 29.0 Å². The maximum Gasteiger partial charge on any atom is 0.205 e. The number of fused-ring (bicyclic) bond motifs is 1. The largest absolute Gasteiger partial charge is 0.455 e. The molecule has 8 aromatic rings. The van der Waals surface area contributed by atoms with Crippen molar-refractivity contribution >= 4 is 38.5 Å². The molecular formula is C43H36BrClN6O2. The van der Waals surface area contributed by atoms with E-state index >= 15 is 0 Å². The van der Waals surface area contributed by atoms with Crippen molar-refractivity contribution in [2.45, 2.75) is 44.9 Å². The minimum Gasteiger partial charge on any atom is -0.455 e. The summed E-state index contributed by atoms with van der Waals surface area (Å²) in [6.07, 6.45) is 2.81. The first-order valence-corrected chi connectivity index (χ1v) is 18.8. The second-order valence-corrected chi connectivity index (χ2v) is 14.1. The van der Waals surface area contributed by atoms with Crippen molar-refractivity contribution in [2.24, 2.45) is 0 Å². The van der Waals surface area contributed by atoms with Crippen LogP contribution in [0.25, 0.3) is 33.7 Å². The van der Waals surface area contributed by atoms with E-state index < -0.39 is 5.54 Å². The summed E-state index contributed by atoms with van der Waals surface area (Å²) in [5.74, 6) is 2.00. The molecule has 0 spiro atoms. The molecule has 0 radical (unpaired) electrons. The zero-order valence-electron chi connectivity index (χ0n) is 29.0. The lowest BCUT2D eigenvalue weighted by Crippen LogP contribution is -2.39. The summed E-state index contributed by atoms with van der Waals surface area (Å²) < 4.78 is 9.39. The fourth-order valence-electron chi connectivity index (χ4n) is 7.16. The second-order valence-electron chi connectivity index (χ2n) is 12.9. The Morgan fingerprint density at radius 3 is 2.00 bits per heavy atom. The van der Waals surface area contributed by atoms with Gasteiger partial charge < -0.3 is 14.1 Å². The summed E-state index contributed by atoms with van der Waals surface area (Å²) in [5, 5.41) is 26.0. The van der Waals surface area contributed by atoms with Gasteiger partial charge in [0.2, 0.25) is 5.82 Å². The normalized spacial score (nSPS) is 11.8. The van der Waals surface area contributed by atoms with Crippen LogP contribution in [0.5, 0.6) is 0 Å². The van der Waals surface area contributed by atoms with E-state index in [4.69, 9.17) is 31.4 Å². The molecular weight excluding hydrogens is 748 g/mol. The number of aryl methyl sites for hydroxylation is 1. The molecule has 10 heteroatoms. The summed E-state index contributed by atoms with van der Waals surface area (Å²) >= 11 is 10.3. The maximum atomic E-state index is 10.1. The lowest BCUT2D eigenvalue weighted by Gasteiger charge is -2.34. The molecule has 0 aliphatic rings. The summed E-state index contributed by atoms with van der Waals surface area (Å²) in [5.41, 5.74) is 6.11. The fourth-order valence-corrected chi connectivity index (χ4v) is 8.03. The third-order valence-electron chi connectivity index (χ3n) is 9.74. The first-order chi connectivity index (χ1) is 26.0. The highest BCUT2D eigenvalue weighted by atomic mass is 79.9. The first-order valence-electron chi connectivity index (χ1n) is 17.6. The summed E-state index contributed by atoms with van der Waals surface area (Å²) in [7, 11) is 0. The predicted molar refractivity (Wildman–Crippen MR) is 212 cm³/mol. The number of furan rings is 1. The van der Waals surface area contributed by atoms with Gasteiger partial charge in [0, 0.05) is 29.5 Å². The Morgan fingerprint density at radius 2 is 1.40 bits per heavy atom. The molecule has 5 aromatic carbocycles. The van der Waals surface area contributed by atoms with E-state index in [2.05, 4.69) is 70.3 Å². The van der Waals surface area contributed by atoms with Crippen LogP contribution in [0.3, 0.4) is 0 Å². The van der Waals surface area contributed by atoms with Crippen LogP contribution in [-0.2, 0) is 25.1 Å². The Labute approximate surface area is 320 Å². The van der Waals surface area contributed by atoms with Crippen LogP contribution in [-0.4, -0.2) is 34.9 Å². The van der Waals surface area contributed by atoms with E-state index in [1.54, 1.807) is 4.80 Å². The molecule has 53 heavy (non-hydrogen) atoms. The molecule has 3 aromatic heterocycles. The molecule has 0 amide bonds. The van der Waals surface area contributed by atoms with Gasteiger partial charge in [-0.2, -0.15) is 0 Å². The minimum atomic E-state index is -0.897. The van der Waals surface area contributed by atoms with E-state index in [0.717, 1.165) is 73.9 Å². The van der Waals surface area contributed by atoms with Gasteiger partial charge in [-0.05, 0) is 62.0 Å². The third-order valence-corrected chi connectivity index (χ3v) is 10.8. The standard InChI is InChI=1S/C43H36BrClN6O2/c1-2-3-23-38-46-41(45)36(28-52)50(38)27-29-24-25-37-35(26-29)39(44)40(53-37)33-21-13-14-22-34(33)42-47-49-51(48-42)43(30-15-7-4-8-16-30,31-17-9-5-10-18-31)32-19-11-6-12-20-32/h4-22,24-26,52H,2-3,23,27-28H2,1H3. The van der Waals surface area contributed by atoms with Gasteiger partial charge in [0.25, 0.3) is 0 Å². The minimum absolute atomic E-state index is 0.182. The van der Waals surface area contributed by atoms with E-state index in [-0.39, 0.29) is 6.61 Å². The molecule has 3 heterocycles. The average molecular weight is 784 g/mol. The number of hydrogen-bond acceptors (Lipinski definition) is 6. The van der Waals surface area contributed by atoms with Crippen LogP contribution >= 0.6 is 27.5 Å². The number of nitrogens with zero attached hydrogens (tertiary/aromatic N) is 6. The van der Waals surface area contributed by atoms with E-state index in [1.165, 1.54) is 0 Å². The molecule has 0 saturated carbocycles. The Balaban J connectivity index is 1.22. The highest BCUT2D eigenvalue weighted by Gasteiger charge is 2.41. The maximum absolute atomic E-state index is 10.1. The topological polar surface area (TPSA) is 94.8 Å². The number of halogens is 2. The Hall–Kier alpha value is -5.35. The molecule has 0 fully saturated rings.